The number of carbonyl (C=O) groups is 5. The van der Waals surface area contributed by atoms with E-state index < -0.39 is 68.5 Å². The monoisotopic (exact) mass is 741 g/mol. The van der Waals surface area contributed by atoms with E-state index in [-0.39, 0.29) is 55.4 Å². The van der Waals surface area contributed by atoms with E-state index in [0.717, 1.165) is 44.8 Å². The van der Waals surface area contributed by atoms with E-state index in [1.807, 2.05) is 0 Å². The van der Waals surface area contributed by atoms with Crippen molar-refractivity contribution in [3.63, 3.8) is 0 Å². The maximum Gasteiger partial charge on any atom is 0.287 e. The minimum Gasteiger partial charge on any atom is -0.379 e. The molecule has 3 heterocycles. The minimum absolute atomic E-state index is 0.00546. The zero-order chi connectivity index (χ0) is 37.3. The molecular formula is C35H47N7O9S. The minimum atomic E-state index is -3.49. The highest BCUT2D eigenvalue weighted by atomic mass is 32.2. The van der Waals surface area contributed by atoms with E-state index in [0.29, 0.717) is 25.0 Å². The summed E-state index contributed by atoms with van der Waals surface area (Å²) in [6.45, 7) is 0.120. The molecule has 2 saturated carbocycles. The number of sulfone groups is 1. The van der Waals surface area contributed by atoms with Gasteiger partial charge in [-0.05, 0) is 49.4 Å². The average molecular weight is 742 g/mol. The lowest BCUT2D eigenvalue weighted by Crippen LogP contribution is -2.62. The molecule has 2 aromatic rings. The molecule has 6 rings (SSSR count). The molecule has 2 saturated heterocycles. The largest absolute Gasteiger partial charge is 0.379 e. The Morgan fingerprint density at radius 3 is 2.27 bits per heavy atom. The Balaban J connectivity index is 1.30. The summed E-state index contributed by atoms with van der Waals surface area (Å²) in [5, 5.41) is 24.9. The van der Waals surface area contributed by atoms with Gasteiger partial charge < -0.3 is 31.1 Å². The van der Waals surface area contributed by atoms with Crippen LogP contribution in [0.2, 0.25) is 0 Å². The number of hydrogen-bond acceptors (Lipinski definition) is 11. The molecule has 0 bridgehead atoms. The summed E-state index contributed by atoms with van der Waals surface area (Å²) in [4.78, 5) is 69.3. The number of amides is 4. The van der Waals surface area contributed by atoms with Gasteiger partial charge in [0.2, 0.25) is 17.6 Å². The zero-order valence-electron chi connectivity index (χ0n) is 29.3. The van der Waals surface area contributed by atoms with Gasteiger partial charge in [-0.25, -0.2) is 13.1 Å². The standard InChI is InChI=1S/C35H47N7O9S/c1-52(49,50)25-12-10-23(11-13-25)31(45)37-26(16-22-8-4-2-5-9-22)33(47)41-18-24(42-19-28(39-40-42)35(48)20-51-21-35)17-27(41)32(46)38-34(29(43)30(36)44)14-6-3-7-15-34/h10-13,19,22,24,26-27,48H,2-9,14-18,20-21H2,1H3,(H2,36,44)(H,37,45)(H,38,46)/t24?,26-,27?/m1/s1. The number of Topliss-reactive ketones (excluding diaryl/α,β-unsaturated/α-hetero) is 1. The molecule has 5 N–H and O–H groups in total. The number of aliphatic hydroxyl groups is 1. The molecule has 4 aliphatic rings. The molecule has 2 unspecified atom stereocenters. The molecule has 4 fully saturated rings. The van der Waals surface area contributed by atoms with Gasteiger partial charge in [0.15, 0.2) is 15.4 Å². The Hall–Kier alpha value is -4.22. The fourth-order valence-corrected chi connectivity index (χ4v) is 8.63. The molecule has 3 atom stereocenters. The van der Waals surface area contributed by atoms with Crippen LogP contribution in [0.3, 0.4) is 0 Å². The van der Waals surface area contributed by atoms with Crippen molar-refractivity contribution in [1.82, 2.24) is 30.5 Å². The first-order valence-electron chi connectivity index (χ1n) is 18.0. The number of nitrogens with zero attached hydrogens (tertiary/aromatic N) is 4. The summed E-state index contributed by atoms with van der Waals surface area (Å²) in [5.41, 5.74) is 3.12. The summed E-state index contributed by atoms with van der Waals surface area (Å²) in [7, 11) is -3.49. The highest BCUT2D eigenvalue weighted by Gasteiger charge is 2.49. The van der Waals surface area contributed by atoms with E-state index in [1.54, 1.807) is 6.20 Å². The normalized spacial score (nSPS) is 23.6. The molecule has 17 heteroatoms. The van der Waals surface area contributed by atoms with Gasteiger partial charge in [-0.3, -0.25) is 24.0 Å². The summed E-state index contributed by atoms with van der Waals surface area (Å²) in [5.74, 6) is -3.58. The van der Waals surface area contributed by atoms with Gasteiger partial charge in [-0.2, -0.15) is 0 Å². The first-order chi connectivity index (χ1) is 24.7. The number of ether oxygens (including phenoxy) is 1. The third kappa shape index (κ3) is 7.90. The van der Waals surface area contributed by atoms with Crippen LogP contribution in [0.5, 0.6) is 0 Å². The van der Waals surface area contributed by atoms with Crippen molar-refractivity contribution >= 4 is 39.2 Å². The van der Waals surface area contributed by atoms with E-state index in [4.69, 9.17) is 10.5 Å². The summed E-state index contributed by atoms with van der Waals surface area (Å²) in [6.07, 6.45) is 10.3. The first-order valence-corrected chi connectivity index (χ1v) is 19.9. The smallest absolute Gasteiger partial charge is 0.287 e. The van der Waals surface area contributed by atoms with Crippen LogP contribution >= 0.6 is 0 Å². The number of hydrogen-bond donors (Lipinski definition) is 4. The highest BCUT2D eigenvalue weighted by Crippen LogP contribution is 2.35. The molecular weight excluding hydrogens is 694 g/mol. The number of likely N-dealkylation sites (tertiary alicyclic amines) is 1. The Labute approximate surface area is 302 Å². The lowest BCUT2D eigenvalue weighted by molar-refractivity contribution is -0.186. The van der Waals surface area contributed by atoms with Crippen molar-refractivity contribution in [1.29, 1.82) is 0 Å². The topological polar surface area (TPSA) is 233 Å². The maximum atomic E-state index is 14.7. The van der Waals surface area contributed by atoms with Gasteiger partial charge in [0.05, 0.1) is 30.3 Å². The van der Waals surface area contributed by atoms with Crippen molar-refractivity contribution in [2.24, 2.45) is 11.7 Å². The quantitative estimate of drug-likeness (QED) is 0.221. The summed E-state index contributed by atoms with van der Waals surface area (Å²) in [6, 6.07) is 2.74. The second kappa shape index (κ2) is 15.0. The zero-order valence-corrected chi connectivity index (χ0v) is 30.1. The number of ketones is 1. The predicted molar refractivity (Wildman–Crippen MR) is 184 cm³/mol. The number of rotatable bonds is 12. The first kappa shape index (κ1) is 37.5. The van der Waals surface area contributed by atoms with E-state index in [1.165, 1.54) is 33.8 Å². The molecule has 2 aliphatic heterocycles. The molecule has 282 valence electrons. The average Bonchev–Trinajstić information content (AvgIpc) is 3.79. The van der Waals surface area contributed by atoms with Gasteiger partial charge >= 0.3 is 0 Å². The number of aromatic nitrogens is 3. The molecule has 4 amide bonds. The predicted octanol–water partition coefficient (Wildman–Crippen LogP) is 0.684. The lowest BCUT2D eigenvalue weighted by atomic mass is 9.78. The van der Waals surface area contributed by atoms with Crippen molar-refractivity contribution in [2.45, 2.75) is 111 Å². The van der Waals surface area contributed by atoms with Crippen LogP contribution in [0.1, 0.15) is 99.1 Å². The Morgan fingerprint density at radius 1 is 1.02 bits per heavy atom. The van der Waals surface area contributed by atoms with Crippen molar-refractivity contribution in [3.8, 4) is 0 Å². The molecule has 0 radical (unpaired) electrons. The van der Waals surface area contributed by atoms with Crippen LogP contribution in [0.4, 0.5) is 0 Å². The third-order valence-corrected chi connectivity index (χ3v) is 12.2. The van der Waals surface area contributed by atoms with Gasteiger partial charge in [0.1, 0.15) is 23.3 Å². The third-order valence-electron chi connectivity index (χ3n) is 11.1. The van der Waals surface area contributed by atoms with Gasteiger partial charge in [0.25, 0.3) is 11.8 Å². The second-order valence-electron chi connectivity index (χ2n) is 14.9. The molecule has 1 aromatic carbocycles. The van der Waals surface area contributed by atoms with Crippen LogP contribution < -0.4 is 16.4 Å². The van der Waals surface area contributed by atoms with Crippen molar-refractivity contribution < 1.29 is 42.2 Å². The lowest BCUT2D eigenvalue weighted by Gasteiger charge is -2.38. The van der Waals surface area contributed by atoms with Crippen LogP contribution in [0.15, 0.2) is 35.4 Å². The molecule has 1 aromatic heterocycles. The Kier molecular flexibility index (Phi) is 10.8. The molecule has 0 spiro atoms. The number of primary amides is 1. The Bertz CT molecular complexity index is 1800. The van der Waals surface area contributed by atoms with Crippen LogP contribution in [0.25, 0.3) is 0 Å². The van der Waals surface area contributed by atoms with Crippen molar-refractivity contribution in [3.05, 3.63) is 41.7 Å². The Morgan fingerprint density at radius 2 is 1.67 bits per heavy atom. The van der Waals surface area contributed by atoms with Crippen LogP contribution in [-0.4, -0.2) is 106 Å². The molecule has 52 heavy (non-hydrogen) atoms. The molecule has 2 aliphatic carbocycles. The van der Waals surface area contributed by atoms with Gasteiger partial charge in [-0.15, -0.1) is 5.10 Å². The highest BCUT2D eigenvalue weighted by molar-refractivity contribution is 7.90. The number of nitrogens with two attached hydrogens (primary N) is 1. The van der Waals surface area contributed by atoms with Crippen LogP contribution in [0, 0.1) is 5.92 Å². The number of carbonyl (C=O) groups excluding carboxylic acids is 5. The number of benzene rings is 1. The fraction of sp³-hybridized carbons (Fsp3) is 0.629. The number of nitrogens with one attached hydrogen (secondary N) is 2. The van der Waals surface area contributed by atoms with E-state index in [9.17, 15) is 37.5 Å². The van der Waals surface area contributed by atoms with Crippen molar-refractivity contribution in [2.75, 3.05) is 26.0 Å². The van der Waals surface area contributed by atoms with Crippen LogP contribution in [-0.2, 0) is 39.4 Å². The van der Waals surface area contributed by atoms with Gasteiger partial charge in [0, 0.05) is 24.8 Å². The maximum absolute atomic E-state index is 14.7. The summed E-state index contributed by atoms with van der Waals surface area (Å²) < 4.78 is 30.7. The second-order valence-corrected chi connectivity index (χ2v) is 16.9. The summed E-state index contributed by atoms with van der Waals surface area (Å²) >= 11 is 0. The van der Waals surface area contributed by atoms with E-state index in [2.05, 4.69) is 20.9 Å². The van der Waals surface area contributed by atoms with Gasteiger partial charge in [-0.1, -0.05) is 56.6 Å². The van der Waals surface area contributed by atoms with E-state index >= 15 is 0 Å². The fourth-order valence-electron chi connectivity index (χ4n) is 8.00. The molecule has 16 nitrogen and oxygen atoms in total. The SMILES string of the molecule is CS(=O)(=O)c1ccc(C(=O)N[C@H](CC2CCCCC2)C(=O)N2CC(n3cc(C4(O)COC4)nn3)CC2C(=O)NC2(C(=O)C(N)=O)CCCCC2)cc1.